The summed E-state index contributed by atoms with van der Waals surface area (Å²) >= 11 is 0. The lowest BCUT2D eigenvalue weighted by molar-refractivity contribution is 0.0963. The predicted octanol–water partition coefficient (Wildman–Crippen LogP) is 1.45. The SMILES string of the molecule is CCNC(=NCCCn1ccnc1)NC1CCN(C(=O)OCC)CC1. The van der Waals surface area contributed by atoms with E-state index in [9.17, 15) is 4.79 Å². The van der Waals surface area contributed by atoms with E-state index >= 15 is 0 Å². The van der Waals surface area contributed by atoms with E-state index in [-0.39, 0.29) is 6.09 Å². The molecule has 1 aromatic rings. The summed E-state index contributed by atoms with van der Waals surface area (Å²) in [6, 6.07) is 0.331. The summed E-state index contributed by atoms with van der Waals surface area (Å²) in [6.45, 7) is 8.26. The summed E-state index contributed by atoms with van der Waals surface area (Å²) in [5, 5.41) is 6.78. The molecule has 8 heteroatoms. The number of rotatable bonds is 7. The second-order valence-electron chi connectivity index (χ2n) is 6.02. The Morgan fingerprint density at radius 2 is 2.16 bits per heavy atom. The minimum absolute atomic E-state index is 0.207. The van der Waals surface area contributed by atoms with Crippen LogP contribution in [0, 0.1) is 0 Å². The van der Waals surface area contributed by atoms with Gasteiger partial charge in [0.15, 0.2) is 5.96 Å². The van der Waals surface area contributed by atoms with E-state index < -0.39 is 0 Å². The molecular formula is C17H30N6O2. The molecule has 0 unspecified atom stereocenters. The van der Waals surface area contributed by atoms with Crippen LogP contribution in [0.15, 0.2) is 23.7 Å². The fraction of sp³-hybridized carbons (Fsp3) is 0.706. The molecule has 25 heavy (non-hydrogen) atoms. The molecule has 8 nitrogen and oxygen atoms in total. The van der Waals surface area contributed by atoms with Gasteiger partial charge in [-0.05, 0) is 33.1 Å². The summed E-state index contributed by atoms with van der Waals surface area (Å²) in [5.74, 6) is 0.850. The third kappa shape index (κ3) is 6.64. The van der Waals surface area contributed by atoms with Gasteiger partial charge in [-0.25, -0.2) is 9.78 Å². The number of nitrogens with one attached hydrogen (secondary N) is 2. The Balaban J connectivity index is 1.73. The molecule has 0 radical (unpaired) electrons. The average Bonchev–Trinajstić information content (AvgIpc) is 3.13. The molecule has 0 aromatic carbocycles. The van der Waals surface area contributed by atoms with Gasteiger partial charge in [-0.1, -0.05) is 0 Å². The maximum Gasteiger partial charge on any atom is 0.409 e. The number of carbonyl (C=O) groups excluding carboxylic acids is 1. The van der Waals surface area contributed by atoms with E-state index in [4.69, 9.17) is 4.74 Å². The molecule has 1 amide bonds. The van der Waals surface area contributed by atoms with Crippen molar-refractivity contribution in [1.82, 2.24) is 25.1 Å². The lowest BCUT2D eigenvalue weighted by Gasteiger charge is -2.32. The predicted molar refractivity (Wildman–Crippen MR) is 97.6 cm³/mol. The zero-order chi connectivity index (χ0) is 17.9. The van der Waals surface area contributed by atoms with E-state index in [2.05, 4.69) is 32.1 Å². The Kier molecular flexibility index (Phi) is 8.08. The van der Waals surface area contributed by atoms with Crippen molar-refractivity contribution >= 4 is 12.1 Å². The second-order valence-corrected chi connectivity index (χ2v) is 6.02. The molecule has 0 saturated carbocycles. The first-order valence-electron chi connectivity index (χ1n) is 9.15. The number of guanidine groups is 1. The number of amides is 1. The topological polar surface area (TPSA) is 83.8 Å². The molecule has 2 heterocycles. The quantitative estimate of drug-likeness (QED) is 0.442. The van der Waals surface area contributed by atoms with E-state index in [1.165, 1.54) is 0 Å². The Bertz CT molecular complexity index is 523. The van der Waals surface area contributed by atoms with Gasteiger partial charge in [0.1, 0.15) is 0 Å². The van der Waals surface area contributed by atoms with Gasteiger partial charge in [0.2, 0.25) is 0 Å². The molecule has 0 aliphatic carbocycles. The molecule has 1 aliphatic heterocycles. The maximum absolute atomic E-state index is 11.7. The zero-order valence-electron chi connectivity index (χ0n) is 15.3. The summed E-state index contributed by atoms with van der Waals surface area (Å²) < 4.78 is 7.11. The highest BCUT2D eigenvalue weighted by atomic mass is 16.6. The van der Waals surface area contributed by atoms with Crippen LogP contribution in [0.25, 0.3) is 0 Å². The standard InChI is InChI=1S/C17H30N6O2/c1-3-19-16(20-8-5-10-22-13-9-18-14-22)21-15-6-11-23(12-7-15)17(24)25-4-2/h9,13-15H,3-8,10-12H2,1-2H3,(H2,19,20,21). The number of imidazole rings is 1. The van der Waals surface area contributed by atoms with Crippen molar-refractivity contribution in [2.45, 2.75) is 45.7 Å². The molecule has 0 spiro atoms. The summed E-state index contributed by atoms with van der Waals surface area (Å²) in [5.41, 5.74) is 0. The lowest BCUT2D eigenvalue weighted by Crippen LogP contribution is -2.49. The summed E-state index contributed by atoms with van der Waals surface area (Å²) in [4.78, 5) is 22.2. The molecule has 140 valence electrons. The molecule has 2 N–H and O–H groups in total. The number of likely N-dealkylation sites (tertiary alicyclic amines) is 1. The van der Waals surface area contributed by atoms with Gasteiger partial charge in [0, 0.05) is 51.2 Å². The molecule has 1 aromatic heterocycles. The molecule has 1 fully saturated rings. The Morgan fingerprint density at radius 3 is 2.80 bits per heavy atom. The third-order valence-corrected chi connectivity index (χ3v) is 4.11. The molecule has 1 aliphatic rings. The van der Waals surface area contributed by atoms with Crippen LogP contribution in [-0.2, 0) is 11.3 Å². The number of nitrogens with zero attached hydrogens (tertiary/aromatic N) is 4. The van der Waals surface area contributed by atoms with E-state index in [1.54, 1.807) is 11.1 Å². The van der Waals surface area contributed by atoms with Crippen molar-refractivity contribution in [2.75, 3.05) is 32.8 Å². The molecule has 1 saturated heterocycles. The molecule has 0 atom stereocenters. The highest BCUT2D eigenvalue weighted by molar-refractivity contribution is 5.80. The monoisotopic (exact) mass is 350 g/mol. The first kappa shape index (κ1) is 19.1. The largest absolute Gasteiger partial charge is 0.450 e. The minimum Gasteiger partial charge on any atom is -0.450 e. The van der Waals surface area contributed by atoms with Crippen molar-refractivity contribution in [3.05, 3.63) is 18.7 Å². The Morgan fingerprint density at radius 1 is 1.36 bits per heavy atom. The average molecular weight is 350 g/mol. The fourth-order valence-electron chi connectivity index (χ4n) is 2.80. The van der Waals surface area contributed by atoms with Crippen LogP contribution in [0.3, 0.4) is 0 Å². The van der Waals surface area contributed by atoms with Gasteiger partial charge >= 0.3 is 6.09 Å². The smallest absolute Gasteiger partial charge is 0.409 e. The van der Waals surface area contributed by atoms with Gasteiger partial charge in [-0.3, -0.25) is 4.99 Å². The fourth-order valence-corrected chi connectivity index (χ4v) is 2.80. The van der Waals surface area contributed by atoms with Crippen LogP contribution < -0.4 is 10.6 Å². The number of aromatic nitrogens is 2. The van der Waals surface area contributed by atoms with Gasteiger partial charge in [-0.15, -0.1) is 0 Å². The number of carbonyl (C=O) groups is 1. The van der Waals surface area contributed by atoms with Crippen LogP contribution in [-0.4, -0.2) is 65.3 Å². The number of ether oxygens (including phenoxy) is 1. The van der Waals surface area contributed by atoms with Crippen molar-refractivity contribution in [2.24, 2.45) is 4.99 Å². The summed E-state index contributed by atoms with van der Waals surface area (Å²) in [6.07, 6.45) is 8.14. The number of aryl methyl sites for hydroxylation is 1. The second kappa shape index (κ2) is 10.6. The van der Waals surface area contributed by atoms with Crippen LogP contribution >= 0.6 is 0 Å². The molecular weight excluding hydrogens is 320 g/mol. The number of hydrogen-bond acceptors (Lipinski definition) is 4. The maximum atomic E-state index is 11.7. The number of piperidine rings is 1. The van der Waals surface area contributed by atoms with Gasteiger partial charge in [0.25, 0.3) is 0 Å². The van der Waals surface area contributed by atoms with E-state index in [0.717, 1.165) is 57.9 Å². The van der Waals surface area contributed by atoms with Crippen LogP contribution in [0.2, 0.25) is 0 Å². The van der Waals surface area contributed by atoms with Crippen LogP contribution in [0.1, 0.15) is 33.1 Å². The highest BCUT2D eigenvalue weighted by Crippen LogP contribution is 2.11. The van der Waals surface area contributed by atoms with Crippen molar-refractivity contribution in [3.8, 4) is 0 Å². The van der Waals surface area contributed by atoms with Gasteiger partial charge < -0.3 is 24.8 Å². The van der Waals surface area contributed by atoms with Crippen LogP contribution in [0.5, 0.6) is 0 Å². The molecule has 2 rings (SSSR count). The van der Waals surface area contributed by atoms with Crippen molar-refractivity contribution in [3.63, 3.8) is 0 Å². The molecule has 0 bridgehead atoms. The Hall–Kier alpha value is -2.25. The number of hydrogen-bond donors (Lipinski definition) is 2. The highest BCUT2D eigenvalue weighted by Gasteiger charge is 2.23. The van der Waals surface area contributed by atoms with Crippen molar-refractivity contribution < 1.29 is 9.53 Å². The van der Waals surface area contributed by atoms with E-state index in [0.29, 0.717) is 12.6 Å². The van der Waals surface area contributed by atoms with Crippen LogP contribution in [0.4, 0.5) is 4.79 Å². The zero-order valence-corrected chi connectivity index (χ0v) is 15.3. The Labute approximate surface area is 149 Å². The lowest BCUT2D eigenvalue weighted by atomic mass is 10.1. The first-order valence-corrected chi connectivity index (χ1v) is 9.15. The van der Waals surface area contributed by atoms with Crippen molar-refractivity contribution in [1.29, 1.82) is 0 Å². The first-order chi connectivity index (χ1) is 12.2. The third-order valence-electron chi connectivity index (χ3n) is 4.11. The van der Waals surface area contributed by atoms with E-state index in [1.807, 2.05) is 19.4 Å². The van der Waals surface area contributed by atoms with Gasteiger partial charge in [-0.2, -0.15) is 0 Å². The minimum atomic E-state index is -0.207. The number of aliphatic imine (C=N–C) groups is 1. The summed E-state index contributed by atoms with van der Waals surface area (Å²) in [7, 11) is 0. The normalized spacial score (nSPS) is 15.9. The van der Waals surface area contributed by atoms with Gasteiger partial charge in [0.05, 0.1) is 12.9 Å².